The maximum atomic E-state index is 9.13. The van der Waals surface area contributed by atoms with Crippen LogP contribution in [0.15, 0.2) is 42.5 Å². The van der Waals surface area contributed by atoms with E-state index in [1.807, 2.05) is 18.2 Å². The standard InChI is InChI=1S/C12H12O.2ClH.Ti/c13-9-11-7-3-4-8-12(11)10-5-1-2-6-10;;;/h1-5,7-8,13H,6,9H2;2*1H;. The molecule has 1 nitrogen and oxygen atoms in total. The monoisotopic (exact) mass is 292 g/mol. The first kappa shape index (κ1) is 18.3. The quantitative estimate of drug-likeness (QED) is 0.829. The van der Waals surface area contributed by atoms with Crippen molar-refractivity contribution in [2.24, 2.45) is 0 Å². The predicted octanol–water partition coefficient (Wildman–Crippen LogP) is 3.36. The summed E-state index contributed by atoms with van der Waals surface area (Å²) in [5.74, 6) is 0. The molecule has 0 spiro atoms. The van der Waals surface area contributed by atoms with E-state index in [-0.39, 0.29) is 53.1 Å². The van der Waals surface area contributed by atoms with Crippen molar-refractivity contribution in [2.45, 2.75) is 13.0 Å². The number of aliphatic hydroxyl groups excluding tert-OH is 1. The third kappa shape index (κ3) is 4.08. The number of hydrogen-bond acceptors (Lipinski definition) is 1. The second-order valence-corrected chi connectivity index (χ2v) is 3.14. The van der Waals surface area contributed by atoms with Crippen LogP contribution in [0.4, 0.5) is 0 Å². The molecule has 0 saturated heterocycles. The Labute approximate surface area is 123 Å². The van der Waals surface area contributed by atoms with Gasteiger partial charge in [-0.2, -0.15) is 0 Å². The van der Waals surface area contributed by atoms with Crippen LogP contribution in [0.3, 0.4) is 0 Å². The van der Waals surface area contributed by atoms with E-state index in [0.717, 1.165) is 12.0 Å². The fraction of sp³-hybridized carbons (Fsp3) is 0.167. The topological polar surface area (TPSA) is 20.2 Å². The van der Waals surface area contributed by atoms with E-state index >= 15 is 0 Å². The number of aliphatic hydroxyl groups is 1. The molecule has 0 unspecified atom stereocenters. The average Bonchev–Trinajstić information content (AvgIpc) is 2.70. The maximum Gasteiger partial charge on any atom is 0.0687 e. The number of hydrogen-bond donors (Lipinski definition) is 1. The number of allylic oxidation sites excluding steroid dienone is 4. The van der Waals surface area contributed by atoms with Gasteiger partial charge in [0, 0.05) is 21.7 Å². The predicted molar refractivity (Wildman–Crippen MR) is 68.6 cm³/mol. The SMILES string of the molecule is Cl.Cl.OCc1ccccc1C1=CC=CC1.[Ti]. The van der Waals surface area contributed by atoms with E-state index in [4.69, 9.17) is 5.11 Å². The van der Waals surface area contributed by atoms with Gasteiger partial charge in [0.1, 0.15) is 0 Å². The second-order valence-electron chi connectivity index (χ2n) is 3.14. The summed E-state index contributed by atoms with van der Waals surface area (Å²) in [5.41, 5.74) is 3.48. The molecule has 1 N–H and O–H groups in total. The normalized spacial score (nSPS) is 11.9. The molecule has 0 heterocycles. The van der Waals surface area contributed by atoms with Gasteiger partial charge >= 0.3 is 0 Å². The van der Waals surface area contributed by atoms with Gasteiger partial charge in [0.15, 0.2) is 0 Å². The van der Waals surface area contributed by atoms with Gasteiger partial charge in [-0.05, 0) is 23.1 Å². The minimum absolute atomic E-state index is 0. The minimum Gasteiger partial charge on any atom is -0.392 e. The maximum absolute atomic E-state index is 9.13. The van der Waals surface area contributed by atoms with E-state index in [9.17, 15) is 0 Å². The molecule has 1 aromatic rings. The Hall–Kier alpha value is -0.0457. The number of halogens is 2. The summed E-state index contributed by atoms with van der Waals surface area (Å²) in [5, 5.41) is 9.13. The molecule has 0 amide bonds. The zero-order valence-corrected chi connectivity index (χ0v) is 11.9. The van der Waals surface area contributed by atoms with Crippen molar-refractivity contribution in [3.63, 3.8) is 0 Å². The van der Waals surface area contributed by atoms with Crippen molar-refractivity contribution in [2.75, 3.05) is 0 Å². The Morgan fingerprint density at radius 1 is 1.12 bits per heavy atom. The van der Waals surface area contributed by atoms with Crippen molar-refractivity contribution in [1.29, 1.82) is 0 Å². The molecule has 0 fully saturated rings. The van der Waals surface area contributed by atoms with Crippen molar-refractivity contribution in [3.05, 3.63) is 53.6 Å². The Morgan fingerprint density at radius 2 is 1.81 bits per heavy atom. The molecule has 0 aromatic heterocycles. The summed E-state index contributed by atoms with van der Waals surface area (Å²) in [4.78, 5) is 0. The minimum atomic E-state index is 0. The summed E-state index contributed by atoms with van der Waals surface area (Å²) >= 11 is 0. The van der Waals surface area contributed by atoms with Gasteiger partial charge in [0.05, 0.1) is 6.61 Å². The van der Waals surface area contributed by atoms with Gasteiger partial charge in [-0.1, -0.05) is 42.5 Å². The summed E-state index contributed by atoms with van der Waals surface area (Å²) in [6.07, 6.45) is 7.28. The largest absolute Gasteiger partial charge is 0.392 e. The molecule has 0 bridgehead atoms. The van der Waals surface area contributed by atoms with Crippen LogP contribution in [0.2, 0.25) is 0 Å². The van der Waals surface area contributed by atoms with Crippen molar-refractivity contribution >= 4 is 30.4 Å². The Balaban J connectivity index is 0. The fourth-order valence-corrected chi connectivity index (χ4v) is 1.62. The Morgan fingerprint density at radius 3 is 2.38 bits per heavy atom. The van der Waals surface area contributed by atoms with E-state index < -0.39 is 0 Å². The van der Waals surface area contributed by atoms with E-state index in [0.29, 0.717) is 0 Å². The van der Waals surface area contributed by atoms with Crippen molar-refractivity contribution in [1.82, 2.24) is 0 Å². The van der Waals surface area contributed by atoms with Gasteiger partial charge in [0.25, 0.3) is 0 Å². The fourth-order valence-electron chi connectivity index (χ4n) is 1.62. The van der Waals surface area contributed by atoms with E-state index in [2.05, 4.69) is 24.3 Å². The smallest absolute Gasteiger partial charge is 0.0687 e. The zero-order valence-electron chi connectivity index (χ0n) is 8.72. The third-order valence-corrected chi connectivity index (χ3v) is 2.30. The second kappa shape index (κ2) is 9.03. The van der Waals surface area contributed by atoms with Crippen LogP contribution in [0, 0.1) is 0 Å². The van der Waals surface area contributed by atoms with Gasteiger partial charge < -0.3 is 5.11 Å². The van der Waals surface area contributed by atoms with Gasteiger partial charge in [0.2, 0.25) is 0 Å². The molecule has 1 aromatic carbocycles. The van der Waals surface area contributed by atoms with Crippen LogP contribution in [0.1, 0.15) is 17.5 Å². The number of benzene rings is 1. The molecule has 0 saturated carbocycles. The van der Waals surface area contributed by atoms with Gasteiger partial charge in [-0.25, -0.2) is 0 Å². The first-order valence-corrected chi connectivity index (χ1v) is 4.46. The molecule has 1 aliphatic rings. The Kier molecular flexibility index (Phi) is 10.3. The molecule has 86 valence electrons. The molecule has 1 aliphatic carbocycles. The molecule has 16 heavy (non-hydrogen) atoms. The molecule has 2 rings (SSSR count). The van der Waals surface area contributed by atoms with E-state index in [1.165, 1.54) is 11.1 Å². The van der Waals surface area contributed by atoms with Crippen LogP contribution >= 0.6 is 24.8 Å². The first-order chi connectivity index (χ1) is 6.42. The van der Waals surface area contributed by atoms with Gasteiger partial charge in [-0.15, -0.1) is 24.8 Å². The molecular weight excluding hydrogens is 279 g/mol. The Bertz CT molecular complexity index is 375. The summed E-state index contributed by atoms with van der Waals surface area (Å²) in [7, 11) is 0. The van der Waals surface area contributed by atoms with Crippen LogP contribution < -0.4 is 0 Å². The number of rotatable bonds is 2. The van der Waals surface area contributed by atoms with E-state index in [1.54, 1.807) is 0 Å². The molecule has 0 aliphatic heterocycles. The van der Waals surface area contributed by atoms with Crippen LogP contribution in [-0.2, 0) is 28.3 Å². The third-order valence-electron chi connectivity index (χ3n) is 2.30. The summed E-state index contributed by atoms with van der Waals surface area (Å²) in [6.45, 7) is 0.119. The van der Waals surface area contributed by atoms with Gasteiger partial charge in [-0.3, -0.25) is 0 Å². The zero-order chi connectivity index (χ0) is 9.10. The molecule has 4 heteroatoms. The van der Waals surface area contributed by atoms with Crippen LogP contribution in [0.25, 0.3) is 5.57 Å². The molecular formula is C12H14Cl2OTi. The van der Waals surface area contributed by atoms with Crippen molar-refractivity contribution in [3.8, 4) is 0 Å². The van der Waals surface area contributed by atoms with Crippen LogP contribution in [0.5, 0.6) is 0 Å². The first-order valence-electron chi connectivity index (χ1n) is 4.46. The van der Waals surface area contributed by atoms with Crippen LogP contribution in [-0.4, -0.2) is 5.11 Å². The van der Waals surface area contributed by atoms with Crippen molar-refractivity contribution < 1.29 is 26.8 Å². The average molecular weight is 293 g/mol. The molecule has 0 radical (unpaired) electrons. The summed E-state index contributed by atoms with van der Waals surface area (Å²) < 4.78 is 0. The molecule has 0 atom stereocenters. The summed E-state index contributed by atoms with van der Waals surface area (Å²) in [6, 6.07) is 7.99.